The average Bonchev–Trinajstić information content (AvgIpc) is 2.42. The Morgan fingerprint density at radius 1 is 1.42 bits per heavy atom. The Hall–Kier alpha value is -1.82. The summed E-state index contributed by atoms with van der Waals surface area (Å²) >= 11 is 0. The van der Waals surface area contributed by atoms with E-state index in [0.29, 0.717) is 37.7 Å². The molecule has 0 spiro atoms. The number of ether oxygens (including phenoxy) is 1. The van der Waals surface area contributed by atoms with Crippen LogP contribution >= 0.6 is 0 Å². The van der Waals surface area contributed by atoms with Crippen molar-refractivity contribution >= 4 is 17.1 Å². The van der Waals surface area contributed by atoms with Crippen LogP contribution in [0.4, 0.5) is 17.1 Å². The number of anilines is 2. The van der Waals surface area contributed by atoms with Crippen LogP contribution in [-0.4, -0.2) is 38.3 Å². The maximum Gasteiger partial charge on any atom is 0.315 e. The van der Waals surface area contributed by atoms with Gasteiger partial charge in [0.2, 0.25) is 0 Å². The van der Waals surface area contributed by atoms with Gasteiger partial charge in [-0.25, -0.2) is 0 Å². The predicted molar refractivity (Wildman–Crippen MR) is 77.0 cm³/mol. The number of para-hydroxylation sites is 1. The molecule has 0 aliphatic carbocycles. The molecule has 6 nitrogen and oxygen atoms in total. The summed E-state index contributed by atoms with van der Waals surface area (Å²) in [6.45, 7) is 6.45. The number of benzene rings is 1. The van der Waals surface area contributed by atoms with E-state index in [1.54, 1.807) is 19.2 Å². The largest absolute Gasteiger partial charge is 0.382 e. The van der Waals surface area contributed by atoms with Gasteiger partial charge in [-0.3, -0.25) is 10.1 Å². The minimum Gasteiger partial charge on any atom is -0.382 e. The zero-order valence-electron chi connectivity index (χ0n) is 11.7. The molecule has 0 aliphatic heterocycles. The van der Waals surface area contributed by atoms with Crippen LogP contribution in [0.3, 0.4) is 0 Å². The number of nitrogens with zero attached hydrogens (tertiary/aromatic N) is 2. The third-order valence-electron chi connectivity index (χ3n) is 2.90. The lowest BCUT2D eigenvalue weighted by molar-refractivity contribution is -0.383. The first kappa shape index (κ1) is 15.2. The van der Waals surface area contributed by atoms with Gasteiger partial charge in [-0.2, -0.15) is 0 Å². The SMILES string of the molecule is CCOCCN(CC)c1cccc(NC)c1[N+](=O)[O-]. The van der Waals surface area contributed by atoms with E-state index in [-0.39, 0.29) is 10.6 Å². The summed E-state index contributed by atoms with van der Waals surface area (Å²) in [7, 11) is 1.68. The molecule has 1 aromatic rings. The molecule has 0 atom stereocenters. The lowest BCUT2D eigenvalue weighted by atomic mass is 10.2. The molecular weight excluding hydrogens is 246 g/mol. The molecule has 0 saturated heterocycles. The van der Waals surface area contributed by atoms with Crippen molar-refractivity contribution in [2.24, 2.45) is 0 Å². The van der Waals surface area contributed by atoms with Crippen LogP contribution in [0.15, 0.2) is 18.2 Å². The highest BCUT2D eigenvalue weighted by Crippen LogP contribution is 2.34. The zero-order chi connectivity index (χ0) is 14.3. The van der Waals surface area contributed by atoms with Gasteiger partial charge in [-0.05, 0) is 26.0 Å². The van der Waals surface area contributed by atoms with Gasteiger partial charge < -0.3 is 15.0 Å². The number of nitrogens with one attached hydrogen (secondary N) is 1. The smallest absolute Gasteiger partial charge is 0.315 e. The summed E-state index contributed by atoms with van der Waals surface area (Å²) in [5.41, 5.74) is 1.26. The van der Waals surface area contributed by atoms with Crippen molar-refractivity contribution in [3.8, 4) is 0 Å². The van der Waals surface area contributed by atoms with Gasteiger partial charge >= 0.3 is 5.69 Å². The standard InChI is InChI=1S/C13H21N3O3/c1-4-15(9-10-19-5-2)12-8-6-7-11(14-3)13(12)16(17)18/h6-8,14H,4-5,9-10H2,1-3H3. The maximum absolute atomic E-state index is 11.3. The summed E-state index contributed by atoms with van der Waals surface area (Å²) in [4.78, 5) is 12.9. The predicted octanol–water partition coefficient (Wildman–Crippen LogP) is 2.50. The second kappa shape index (κ2) is 7.58. The molecule has 1 N–H and O–H groups in total. The molecule has 6 heteroatoms. The van der Waals surface area contributed by atoms with Gasteiger partial charge in [-0.1, -0.05) is 6.07 Å². The van der Waals surface area contributed by atoms with Gasteiger partial charge in [0.05, 0.1) is 11.5 Å². The third-order valence-corrected chi connectivity index (χ3v) is 2.90. The molecule has 1 aromatic carbocycles. The van der Waals surface area contributed by atoms with Crippen molar-refractivity contribution in [2.75, 3.05) is 43.6 Å². The van der Waals surface area contributed by atoms with Crippen molar-refractivity contribution in [2.45, 2.75) is 13.8 Å². The second-order valence-corrected chi connectivity index (χ2v) is 3.96. The normalized spacial score (nSPS) is 10.3. The van der Waals surface area contributed by atoms with Crippen molar-refractivity contribution in [3.05, 3.63) is 28.3 Å². The van der Waals surface area contributed by atoms with E-state index >= 15 is 0 Å². The zero-order valence-corrected chi connectivity index (χ0v) is 11.7. The van der Waals surface area contributed by atoms with Crippen LogP contribution in [0.1, 0.15) is 13.8 Å². The van der Waals surface area contributed by atoms with Crippen molar-refractivity contribution in [1.29, 1.82) is 0 Å². The van der Waals surface area contributed by atoms with Crippen LogP contribution in [-0.2, 0) is 4.74 Å². The van der Waals surface area contributed by atoms with E-state index in [0.717, 1.165) is 0 Å². The highest BCUT2D eigenvalue weighted by molar-refractivity contribution is 5.76. The van der Waals surface area contributed by atoms with Gasteiger partial charge in [0, 0.05) is 26.7 Å². The highest BCUT2D eigenvalue weighted by Gasteiger charge is 2.22. The quantitative estimate of drug-likeness (QED) is 0.445. The number of hydrogen-bond donors (Lipinski definition) is 1. The first-order chi connectivity index (χ1) is 9.15. The molecule has 0 aliphatic rings. The second-order valence-electron chi connectivity index (χ2n) is 3.96. The van der Waals surface area contributed by atoms with E-state index in [1.165, 1.54) is 0 Å². The van der Waals surface area contributed by atoms with Crippen molar-refractivity contribution in [1.82, 2.24) is 0 Å². The fourth-order valence-corrected chi connectivity index (χ4v) is 1.95. The van der Waals surface area contributed by atoms with E-state index in [1.807, 2.05) is 24.8 Å². The topological polar surface area (TPSA) is 67.6 Å². The van der Waals surface area contributed by atoms with E-state index in [9.17, 15) is 10.1 Å². The van der Waals surface area contributed by atoms with Gasteiger partial charge in [0.15, 0.2) is 0 Å². The number of nitro benzene ring substituents is 1. The fourth-order valence-electron chi connectivity index (χ4n) is 1.95. The minimum atomic E-state index is -0.343. The van der Waals surface area contributed by atoms with Crippen LogP contribution < -0.4 is 10.2 Å². The average molecular weight is 267 g/mol. The third kappa shape index (κ3) is 3.82. The summed E-state index contributed by atoms with van der Waals surface area (Å²) < 4.78 is 5.32. The molecule has 0 saturated carbocycles. The van der Waals surface area contributed by atoms with E-state index in [2.05, 4.69) is 5.32 Å². The summed E-state index contributed by atoms with van der Waals surface area (Å²) in [6.07, 6.45) is 0. The molecule has 0 heterocycles. The maximum atomic E-state index is 11.3. The van der Waals surface area contributed by atoms with Crippen LogP contribution in [0, 0.1) is 10.1 Å². The first-order valence-corrected chi connectivity index (χ1v) is 6.43. The monoisotopic (exact) mass is 267 g/mol. The summed E-state index contributed by atoms with van der Waals surface area (Å²) in [5.74, 6) is 0. The van der Waals surface area contributed by atoms with Gasteiger partial charge in [0.1, 0.15) is 11.4 Å². The summed E-state index contributed by atoms with van der Waals surface area (Å²) in [6, 6.07) is 5.30. The Morgan fingerprint density at radius 2 is 2.16 bits per heavy atom. The molecule has 0 aromatic heterocycles. The molecule has 0 radical (unpaired) electrons. The van der Waals surface area contributed by atoms with Gasteiger partial charge in [0.25, 0.3) is 0 Å². The fraction of sp³-hybridized carbons (Fsp3) is 0.538. The van der Waals surface area contributed by atoms with Gasteiger partial charge in [-0.15, -0.1) is 0 Å². The number of rotatable bonds is 8. The molecule has 0 unspecified atom stereocenters. The number of likely N-dealkylation sites (N-methyl/N-ethyl adjacent to an activating group) is 1. The van der Waals surface area contributed by atoms with Crippen molar-refractivity contribution in [3.63, 3.8) is 0 Å². The molecule has 0 bridgehead atoms. The Bertz CT molecular complexity index is 424. The molecule has 1 rings (SSSR count). The highest BCUT2D eigenvalue weighted by atomic mass is 16.6. The molecule has 19 heavy (non-hydrogen) atoms. The Labute approximate surface area is 113 Å². The van der Waals surface area contributed by atoms with Crippen LogP contribution in [0.25, 0.3) is 0 Å². The summed E-state index contributed by atoms with van der Waals surface area (Å²) in [5, 5.41) is 14.1. The molecule has 106 valence electrons. The lowest BCUT2D eigenvalue weighted by Crippen LogP contribution is -2.28. The minimum absolute atomic E-state index is 0.114. The van der Waals surface area contributed by atoms with Crippen LogP contribution in [0.5, 0.6) is 0 Å². The van der Waals surface area contributed by atoms with E-state index < -0.39 is 0 Å². The Balaban J connectivity index is 3.05. The lowest BCUT2D eigenvalue weighted by Gasteiger charge is -2.23. The molecule has 0 fully saturated rings. The Kier molecular flexibility index (Phi) is 6.08. The van der Waals surface area contributed by atoms with E-state index in [4.69, 9.17) is 4.74 Å². The first-order valence-electron chi connectivity index (χ1n) is 6.43. The molecular formula is C13H21N3O3. The van der Waals surface area contributed by atoms with Crippen LogP contribution in [0.2, 0.25) is 0 Å². The van der Waals surface area contributed by atoms with Crippen molar-refractivity contribution < 1.29 is 9.66 Å². The number of nitro groups is 1. The number of hydrogen-bond acceptors (Lipinski definition) is 5. The Morgan fingerprint density at radius 3 is 2.68 bits per heavy atom. The molecule has 0 amide bonds.